The molecule has 1 aliphatic heterocycles. The first-order valence-corrected chi connectivity index (χ1v) is 6.28. The molecule has 0 bridgehead atoms. The Balaban J connectivity index is 1.88. The Morgan fingerprint density at radius 1 is 1.44 bits per heavy atom. The molecule has 0 saturated heterocycles. The van der Waals surface area contributed by atoms with Gasteiger partial charge in [-0.1, -0.05) is 24.3 Å². The fourth-order valence-electron chi connectivity index (χ4n) is 2.14. The average molecular weight is 242 g/mol. The molecule has 0 radical (unpaired) electrons. The molecule has 94 valence electrons. The van der Waals surface area contributed by atoms with Crippen LogP contribution in [0, 0.1) is 11.8 Å². The van der Waals surface area contributed by atoms with E-state index in [4.69, 9.17) is 0 Å². The number of rotatable bonds is 3. The lowest BCUT2D eigenvalue weighted by Crippen LogP contribution is -2.47. The van der Waals surface area contributed by atoms with E-state index in [1.165, 1.54) is 11.1 Å². The Kier molecular flexibility index (Phi) is 4.38. The van der Waals surface area contributed by atoms with Crippen molar-refractivity contribution in [2.24, 2.45) is 0 Å². The van der Waals surface area contributed by atoms with Gasteiger partial charge in [0.05, 0.1) is 6.04 Å². The summed E-state index contributed by atoms with van der Waals surface area (Å²) < 4.78 is 0. The number of hydrogen-bond acceptors (Lipinski definition) is 2. The molecule has 1 atom stereocenters. The lowest BCUT2D eigenvalue weighted by atomic mass is 9.95. The van der Waals surface area contributed by atoms with Crippen LogP contribution in [0.4, 0.5) is 0 Å². The number of hydrogen-bond donors (Lipinski definition) is 2. The minimum absolute atomic E-state index is 0.0717. The summed E-state index contributed by atoms with van der Waals surface area (Å²) in [6.45, 7) is 3.20. The maximum Gasteiger partial charge on any atom is 0.237 e. The first-order valence-electron chi connectivity index (χ1n) is 6.28. The molecule has 0 spiro atoms. The molecule has 0 fully saturated rings. The topological polar surface area (TPSA) is 41.1 Å². The highest BCUT2D eigenvalue weighted by atomic mass is 16.2. The van der Waals surface area contributed by atoms with Gasteiger partial charge in [-0.25, -0.2) is 0 Å². The van der Waals surface area contributed by atoms with Gasteiger partial charge in [-0.3, -0.25) is 4.79 Å². The molecule has 2 rings (SSSR count). The van der Waals surface area contributed by atoms with Gasteiger partial charge >= 0.3 is 0 Å². The normalized spacial score (nSPS) is 17.3. The number of carbonyl (C=O) groups is 1. The molecule has 0 unspecified atom stereocenters. The highest BCUT2D eigenvalue weighted by molar-refractivity contribution is 5.82. The van der Waals surface area contributed by atoms with Gasteiger partial charge in [-0.15, -0.1) is 11.8 Å². The van der Waals surface area contributed by atoms with Gasteiger partial charge < -0.3 is 10.6 Å². The molecule has 1 amide bonds. The van der Waals surface area contributed by atoms with E-state index in [2.05, 4.69) is 34.6 Å². The second-order valence-corrected chi connectivity index (χ2v) is 4.37. The van der Waals surface area contributed by atoms with Crippen molar-refractivity contribution in [3.05, 3.63) is 35.4 Å². The molecule has 18 heavy (non-hydrogen) atoms. The second-order valence-electron chi connectivity index (χ2n) is 4.37. The van der Waals surface area contributed by atoms with E-state index in [1.54, 1.807) is 6.92 Å². The molecule has 2 N–H and O–H groups in total. The Bertz CT molecular complexity index is 485. The molecule has 1 aliphatic rings. The molecule has 0 saturated carbocycles. The number of fused-ring (bicyclic) bond motifs is 1. The molecule has 3 heteroatoms. The third kappa shape index (κ3) is 3.12. The summed E-state index contributed by atoms with van der Waals surface area (Å²) in [5.74, 6) is 5.83. The summed E-state index contributed by atoms with van der Waals surface area (Å²) in [7, 11) is 0. The van der Waals surface area contributed by atoms with Crippen LogP contribution in [0.15, 0.2) is 24.3 Å². The van der Waals surface area contributed by atoms with Crippen LogP contribution in [0.1, 0.15) is 24.5 Å². The Hall–Kier alpha value is -1.79. The number of amides is 1. The zero-order valence-corrected chi connectivity index (χ0v) is 10.6. The Morgan fingerprint density at radius 2 is 2.22 bits per heavy atom. The van der Waals surface area contributed by atoms with Crippen molar-refractivity contribution in [2.45, 2.75) is 32.4 Å². The first kappa shape index (κ1) is 12.7. The van der Waals surface area contributed by atoms with Crippen molar-refractivity contribution in [3.63, 3.8) is 0 Å². The number of benzene rings is 1. The fourth-order valence-corrected chi connectivity index (χ4v) is 2.14. The minimum atomic E-state index is -0.116. The molecule has 1 aromatic carbocycles. The predicted molar refractivity (Wildman–Crippen MR) is 71.9 cm³/mol. The molecular weight excluding hydrogens is 224 g/mol. The van der Waals surface area contributed by atoms with Crippen LogP contribution in [0.25, 0.3) is 0 Å². The lowest BCUT2D eigenvalue weighted by Gasteiger charge is -2.25. The van der Waals surface area contributed by atoms with Crippen molar-refractivity contribution in [3.8, 4) is 11.8 Å². The smallest absolute Gasteiger partial charge is 0.237 e. The van der Waals surface area contributed by atoms with E-state index in [0.29, 0.717) is 13.0 Å². The van der Waals surface area contributed by atoms with Gasteiger partial charge in [0.2, 0.25) is 5.91 Å². The summed E-state index contributed by atoms with van der Waals surface area (Å²) in [6.07, 6.45) is 1.48. The zero-order valence-electron chi connectivity index (χ0n) is 10.6. The Labute approximate surface area is 108 Å². The van der Waals surface area contributed by atoms with E-state index in [9.17, 15) is 4.79 Å². The van der Waals surface area contributed by atoms with Gasteiger partial charge in [0.25, 0.3) is 0 Å². The Morgan fingerprint density at radius 3 is 3.00 bits per heavy atom. The number of carbonyl (C=O) groups excluding carboxylic acids is 1. The lowest BCUT2D eigenvalue weighted by molar-refractivity contribution is -0.123. The van der Waals surface area contributed by atoms with E-state index in [-0.39, 0.29) is 11.9 Å². The quantitative estimate of drug-likeness (QED) is 0.618. The van der Waals surface area contributed by atoms with Crippen molar-refractivity contribution in [1.29, 1.82) is 0 Å². The monoisotopic (exact) mass is 242 g/mol. The van der Waals surface area contributed by atoms with Gasteiger partial charge in [-0.05, 0) is 24.5 Å². The summed E-state index contributed by atoms with van der Waals surface area (Å²) in [5.41, 5.74) is 2.56. The summed E-state index contributed by atoms with van der Waals surface area (Å²) in [6, 6.07) is 8.14. The largest absolute Gasteiger partial charge is 0.354 e. The highest BCUT2D eigenvalue weighted by Gasteiger charge is 2.23. The molecule has 0 aliphatic carbocycles. The maximum atomic E-state index is 11.9. The van der Waals surface area contributed by atoms with Crippen LogP contribution in [0.3, 0.4) is 0 Å². The van der Waals surface area contributed by atoms with Crippen molar-refractivity contribution >= 4 is 5.91 Å². The summed E-state index contributed by atoms with van der Waals surface area (Å²) >= 11 is 0. The standard InChI is InChI=1S/C15H18N2O/c1-2-3-6-9-16-15(18)14-10-12-7-4-5-8-13(12)11-17-14/h4-5,7-8,14,17H,6,9-11H2,1H3,(H,16,18)/t14-/m1/s1. The second kappa shape index (κ2) is 6.23. The van der Waals surface area contributed by atoms with E-state index < -0.39 is 0 Å². The van der Waals surface area contributed by atoms with Crippen LogP contribution in [0.5, 0.6) is 0 Å². The SMILES string of the molecule is CC#CCCNC(=O)[C@H]1Cc2ccccc2CN1. The summed E-state index contributed by atoms with van der Waals surface area (Å²) in [4.78, 5) is 11.9. The van der Waals surface area contributed by atoms with Crippen molar-refractivity contribution in [1.82, 2.24) is 10.6 Å². The van der Waals surface area contributed by atoms with Crippen molar-refractivity contribution < 1.29 is 4.79 Å². The highest BCUT2D eigenvalue weighted by Crippen LogP contribution is 2.16. The third-order valence-corrected chi connectivity index (χ3v) is 3.12. The van der Waals surface area contributed by atoms with Crippen LogP contribution in [-0.2, 0) is 17.8 Å². The minimum Gasteiger partial charge on any atom is -0.354 e. The van der Waals surface area contributed by atoms with Crippen LogP contribution in [0.2, 0.25) is 0 Å². The molecule has 1 heterocycles. The third-order valence-electron chi connectivity index (χ3n) is 3.12. The predicted octanol–water partition coefficient (Wildman–Crippen LogP) is 1.23. The molecule has 0 aromatic heterocycles. The molecule has 3 nitrogen and oxygen atoms in total. The van der Waals surface area contributed by atoms with Gasteiger partial charge in [0.15, 0.2) is 0 Å². The summed E-state index contributed by atoms with van der Waals surface area (Å²) in [5, 5.41) is 6.18. The number of nitrogens with one attached hydrogen (secondary N) is 2. The molecular formula is C15H18N2O. The van der Waals surface area contributed by atoms with Crippen LogP contribution < -0.4 is 10.6 Å². The van der Waals surface area contributed by atoms with Gasteiger partial charge in [0.1, 0.15) is 0 Å². The first-order chi connectivity index (χ1) is 8.81. The average Bonchev–Trinajstić information content (AvgIpc) is 2.43. The zero-order chi connectivity index (χ0) is 12.8. The molecule has 1 aromatic rings. The van der Waals surface area contributed by atoms with E-state index >= 15 is 0 Å². The van der Waals surface area contributed by atoms with E-state index in [1.807, 2.05) is 12.1 Å². The van der Waals surface area contributed by atoms with Crippen LogP contribution in [-0.4, -0.2) is 18.5 Å². The van der Waals surface area contributed by atoms with Crippen molar-refractivity contribution in [2.75, 3.05) is 6.54 Å². The van der Waals surface area contributed by atoms with Gasteiger partial charge in [0, 0.05) is 19.5 Å². The van der Waals surface area contributed by atoms with Gasteiger partial charge in [-0.2, -0.15) is 0 Å². The van der Waals surface area contributed by atoms with Crippen LogP contribution >= 0.6 is 0 Å². The maximum absolute atomic E-state index is 11.9. The van der Waals surface area contributed by atoms with E-state index in [0.717, 1.165) is 13.0 Å². The fraction of sp³-hybridized carbons (Fsp3) is 0.400.